The summed E-state index contributed by atoms with van der Waals surface area (Å²) in [5.74, 6) is 0. The Bertz CT molecular complexity index is 202. The van der Waals surface area contributed by atoms with Gasteiger partial charge in [0.2, 0.25) is 0 Å². The molecular formula is C12H23NO2. The Kier molecular flexibility index (Phi) is 4.74. The van der Waals surface area contributed by atoms with Crippen molar-refractivity contribution < 1.29 is 9.53 Å². The summed E-state index contributed by atoms with van der Waals surface area (Å²) in [7, 11) is 0. The molecule has 0 bridgehead atoms. The van der Waals surface area contributed by atoms with Gasteiger partial charge in [0.25, 0.3) is 0 Å². The molecule has 0 radical (unpaired) electrons. The molecule has 88 valence electrons. The molecule has 1 fully saturated rings. The van der Waals surface area contributed by atoms with Gasteiger partial charge in [0, 0.05) is 25.6 Å². The minimum atomic E-state index is -0.209. The van der Waals surface area contributed by atoms with Gasteiger partial charge in [-0.15, -0.1) is 0 Å². The van der Waals surface area contributed by atoms with Crippen molar-refractivity contribution in [1.29, 1.82) is 0 Å². The molecule has 0 aromatic carbocycles. The lowest BCUT2D eigenvalue weighted by Gasteiger charge is -2.43. The van der Waals surface area contributed by atoms with E-state index < -0.39 is 0 Å². The molecule has 0 amide bonds. The number of rotatable bonds is 5. The van der Waals surface area contributed by atoms with Crippen molar-refractivity contribution in [2.75, 3.05) is 19.7 Å². The topological polar surface area (TPSA) is 29.5 Å². The van der Waals surface area contributed by atoms with E-state index in [2.05, 4.69) is 18.7 Å². The van der Waals surface area contributed by atoms with Crippen LogP contribution >= 0.6 is 0 Å². The number of aldehydes is 1. The Labute approximate surface area is 92.8 Å². The van der Waals surface area contributed by atoms with E-state index in [-0.39, 0.29) is 5.60 Å². The van der Waals surface area contributed by atoms with Crippen molar-refractivity contribution in [2.45, 2.75) is 51.7 Å². The Morgan fingerprint density at radius 3 is 2.80 bits per heavy atom. The van der Waals surface area contributed by atoms with Crippen LogP contribution < -0.4 is 0 Å². The molecular weight excluding hydrogens is 190 g/mol. The molecule has 3 nitrogen and oxygen atoms in total. The van der Waals surface area contributed by atoms with Crippen molar-refractivity contribution in [1.82, 2.24) is 4.90 Å². The highest BCUT2D eigenvalue weighted by molar-refractivity contribution is 5.51. The Balaban J connectivity index is 2.65. The molecule has 1 rings (SSSR count). The number of likely N-dealkylation sites (tertiary alicyclic amines) is 1. The summed E-state index contributed by atoms with van der Waals surface area (Å²) in [6.45, 7) is 9.12. The lowest BCUT2D eigenvalue weighted by atomic mass is 9.89. The van der Waals surface area contributed by atoms with Crippen LogP contribution in [0.15, 0.2) is 0 Å². The van der Waals surface area contributed by atoms with E-state index in [1.807, 2.05) is 6.92 Å². The molecule has 0 N–H and O–H groups in total. The largest absolute Gasteiger partial charge is 0.374 e. The SMILES string of the molecule is CCOC1(CC=O)CCCN(C(C)C)C1. The predicted molar refractivity (Wildman–Crippen MR) is 61.0 cm³/mol. The van der Waals surface area contributed by atoms with Gasteiger partial charge in [-0.3, -0.25) is 4.90 Å². The first-order chi connectivity index (χ1) is 7.13. The van der Waals surface area contributed by atoms with Crippen molar-refractivity contribution >= 4 is 6.29 Å². The maximum Gasteiger partial charge on any atom is 0.122 e. The van der Waals surface area contributed by atoms with Gasteiger partial charge >= 0.3 is 0 Å². The summed E-state index contributed by atoms with van der Waals surface area (Å²) < 4.78 is 5.82. The number of ether oxygens (including phenoxy) is 1. The van der Waals surface area contributed by atoms with Gasteiger partial charge in [0.15, 0.2) is 0 Å². The molecule has 1 aliphatic rings. The second-order valence-corrected chi connectivity index (χ2v) is 4.65. The van der Waals surface area contributed by atoms with Crippen LogP contribution in [-0.2, 0) is 9.53 Å². The second-order valence-electron chi connectivity index (χ2n) is 4.65. The van der Waals surface area contributed by atoms with Crippen molar-refractivity contribution in [3.8, 4) is 0 Å². The average molecular weight is 213 g/mol. The summed E-state index contributed by atoms with van der Waals surface area (Å²) in [6.07, 6.45) is 3.68. The maximum absolute atomic E-state index is 10.7. The zero-order chi connectivity index (χ0) is 11.3. The van der Waals surface area contributed by atoms with E-state index in [1.54, 1.807) is 0 Å². The minimum Gasteiger partial charge on any atom is -0.374 e. The second kappa shape index (κ2) is 5.61. The van der Waals surface area contributed by atoms with Crippen LogP contribution in [0.3, 0.4) is 0 Å². The van der Waals surface area contributed by atoms with Gasteiger partial charge in [-0.1, -0.05) is 0 Å². The van der Waals surface area contributed by atoms with Crippen molar-refractivity contribution in [3.05, 3.63) is 0 Å². The Morgan fingerprint density at radius 2 is 2.27 bits per heavy atom. The first-order valence-electron chi connectivity index (χ1n) is 5.95. The van der Waals surface area contributed by atoms with Gasteiger partial charge < -0.3 is 9.53 Å². The summed E-state index contributed by atoms with van der Waals surface area (Å²) in [5.41, 5.74) is -0.209. The molecule has 1 atom stereocenters. The number of carbonyl (C=O) groups is 1. The molecule has 1 unspecified atom stereocenters. The minimum absolute atomic E-state index is 0.209. The summed E-state index contributed by atoms with van der Waals surface area (Å²) in [4.78, 5) is 13.1. The highest BCUT2D eigenvalue weighted by Crippen LogP contribution is 2.28. The van der Waals surface area contributed by atoms with Crippen LogP contribution in [0.1, 0.15) is 40.0 Å². The van der Waals surface area contributed by atoms with E-state index in [1.165, 1.54) is 0 Å². The Hall–Kier alpha value is -0.410. The predicted octanol–water partition coefficient (Wildman–Crippen LogP) is 1.85. The van der Waals surface area contributed by atoms with Crippen LogP contribution in [0.5, 0.6) is 0 Å². The lowest BCUT2D eigenvalue weighted by molar-refractivity contribution is -0.124. The van der Waals surface area contributed by atoms with Gasteiger partial charge in [-0.2, -0.15) is 0 Å². The number of carbonyl (C=O) groups excluding carboxylic acids is 1. The van der Waals surface area contributed by atoms with Crippen LogP contribution in [-0.4, -0.2) is 42.5 Å². The Morgan fingerprint density at radius 1 is 1.53 bits per heavy atom. The molecule has 0 aliphatic carbocycles. The molecule has 0 aromatic heterocycles. The molecule has 0 saturated carbocycles. The van der Waals surface area contributed by atoms with Crippen molar-refractivity contribution in [2.24, 2.45) is 0 Å². The van der Waals surface area contributed by atoms with Gasteiger partial charge in [-0.05, 0) is 40.2 Å². The van der Waals surface area contributed by atoms with Crippen LogP contribution in [0.25, 0.3) is 0 Å². The monoisotopic (exact) mass is 213 g/mol. The fraction of sp³-hybridized carbons (Fsp3) is 0.917. The highest BCUT2D eigenvalue weighted by Gasteiger charge is 2.36. The molecule has 1 saturated heterocycles. The van der Waals surface area contributed by atoms with Gasteiger partial charge in [0.05, 0.1) is 5.60 Å². The molecule has 1 heterocycles. The van der Waals surface area contributed by atoms with Crippen LogP contribution in [0.4, 0.5) is 0 Å². The van der Waals surface area contributed by atoms with Gasteiger partial charge in [0.1, 0.15) is 6.29 Å². The number of piperidine rings is 1. The maximum atomic E-state index is 10.7. The number of nitrogens with zero attached hydrogens (tertiary/aromatic N) is 1. The molecule has 15 heavy (non-hydrogen) atoms. The van der Waals surface area contributed by atoms with E-state index in [9.17, 15) is 4.79 Å². The number of hydrogen-bond donors (Lipinski definition) is 0. The highest BCUT2D eigenvalue weighted by atomic mass is 16.5. The summed E-state index contributed by atoms with van der Waals surface area (Å²) >= 11 is 0. The third-order valence-electron chi connectivity index (χ3n) is 3.21. The van der Waals surface area contributed by atoms with Crippen LogP contribution in [0.2, 0.25) is 0 Å². The quantitative estimate of drug-likeness (QED) is 0.653. The first-order valence-corrected chi connectivity index (χ1v) is 5.95. The zero-order valence-electron chi connectivity index (χ0n) is 10.2. The standard InChI is InChI=1S/C12H23NO2/c1-4-15-12(7-9-14)6-5-8-13(10-12)11(2)3/h9,11H,4-8,10H2,1-3H3. The smallest absolute Gasteiger partial charge is 0.122 e. The van der Waals surface area contributed by atoms with E-state index in [4.69, 9.17) is 4.74 Å². The summed E-state index contributed by atoms with van der Waals surface area (Å²) in [5, 5.41) is 0. The molecule has 3 heteroatoms. The van der Waals surface area contributed by atoms with Gasteiger partial charge in [-0.25, -0.2) is 0 Å². The van der Waals surface area contributed by atoms with Crippen LogP contribution in [0, 0.1) is 0 Å². The number of hydrogen-bond acceptors (Lipinski definition) is 3. The van der Waals surface area contributed by atoms with E-state index in [0.29, 0.717) is 19.1 Å². The molecule has 0 spiro atoms. The van der Waals surface area contributed by atoms with Crippen molar-refractivity contribution in [3.63, 3.8) is 0 Å². The molecule has 1 aliphatic heterocycles. The average Bonchev–Trinajstić information content (AvgIpc) is 2.18. The fourth-order valence-corrected chi connectivity index (χ4v) is 2.37. The summed E-state index contributed by atoms with van der Waals surface area (Å²) in [6, 6.07) is 0.539. The molecule has 0 aromatic rings. The normalized spacial score (nSPS) is 28.3. The van der Waals surface area contributed by atoms with E-state index in [0.717, 1.165) is 32.2 Å². The van der Waals surface area contributed by atoms with E-state index >= 15 is 0 Å². The third-order valence-corrected chi connectivity index (χ3v) is 3.21. The zero-order valence-corrected chi connectivity index (χ0v) is 10.2. The fourth-order valence-electron chi connectivity index (χ4n) is 2.37. The lowest BCUT2D eigenvalue weighted by Crippen LogP contribution is -2.52. The third kappa shape index (κ3) is 3.28. The first kappa shape index (κ1) is 12.7.